The molecule has 0 heterocycles. The molecular weight excluding hydrogens is 268 g/mol. The molecule has 124 valence electrons. The average molecular weight is 300 g/mol. The zero-order chi connectivity index (χ0) is 16.4. The molecule has 0 radical (unpaired) electrons. The van der Waals surface area contributed by atoms with Crippen LogP contribution in [0.25, 0.3) is 0 Å². The van der Waals surface area contributed by atoms with Crippen molar-refractivity contribution in [2.24, 2.45) is 11.8 Å². The van der Waals surface area contributed by atoms with E-state index in [-0.39, 0.29) is 18.0 Å². The van der Waals surface area contributed by atoms with Crippen molar-refractivity contribution in [3.63, 3.8) is 0 Å². The van der Waals surface area contributed by atoms with E-state index in [9.17, 15) is 9.59 Å². The normalized spacial score (nSPS) is 15.2. The number of rotatable bonds is 9. The quantitative estimate of drug-likeness (QED) is 0.643. The molecule has 0 fully saturated rings. The Balaban J connectivity index is 4.27. The minimum absolute atomic E-state index is 0.0412. The second kappa shape index (κ2) is 10.5. The highest BCUT2D eigenvalue weighted by atomic mass is 16.5. The number of nitrogens with one attached hydrogen (secondary N) is 2. The highest BCUT2D eigenvalue weighted by molar-refractivity contribution is 5.83. The molecule has 0 aromatic rings. The SMILES string of the molecule is CC[C@@H](C)[C@H](NC(=O)N[C@H](C)CCCC(C)C)C(=O)OC. The van der Waals surface area contributed by atoms with Gasteiger partial charge in [0, 0.05) is 6.04 Å². The van der Waals surface area contributed by atoms with Gasteiger partial charge in [0.25, 0.3) is 0 Å². The van der Waals surface area contributed by atoms with Crippen LogP contribution < -0.4 is 10.6 Å². The van der Waals surface area contributed by atoms with E-state index in [1.165, 1.54) is 7.11 Å². The Morgan fingerprint density at radius 1 is 1.05 bits per heavy atom. The van der Waals surface area contributed by atoms with Gasteiger partial charge in [-0.3, -0.25) is 0 Å². The number of carbonyl (C=O) groups is 2. The van der Waals surface area contributed by atoms with Crippen molar-refractivity contribution in [1.82, 2.24) is 10.6 Å². The fourth-order valence-corrected chi connectivity index (χ4v) is 2.11. The molecule has 0 aromatic carbocycles. The van der Waals surface area contributed by atoms with E-state index >= 15 is 0 Å². The van der Waals surface area contributed by atoms with Gasteiger partial charge in [-0.25, -0.2) is 9.59 Å². The zero-order valence-electron chi connectivity index (χ0n) is 14.4. The average Bonchev–Trinajstić information content (AvgIpc) is 2.42. The summed E-state index contributed by atoms with van der Waals surface area (Å²) in [5.74, 6) is 0.326. The highest BCUT2D eigenvalue weighted by Crippen LogP contribution is 2.10. The van der Waals surface area contributed by atoms with Gasteiger partial charge in [0.15, 0.2) is 0 Å². The summed E-state index contributed by atoms with van der Waals surface area (Å²) in [7, 11) is 1.34. The van der Waals surface area contributed by atoms with Crippen LogP contribution in [0.5, 0.6) is 0 Å². The number of methoxy groups -OCH3 is 1. The standard InChI is InChI=1S/C16H32N2O3/c1-7-12(4)14(15(19)21-6)18-16(20)17-13(5)10-8-9-11(2)3/h11-14H,7-10H2,1-6H3,(H2,17,18,20)/t12-,13-,14+/m1/s1. The molecule has 5 nitrogen and oxygen atoms in total. The van der Waals surface area contributed by atoms with Crippen LogP contribution in [0.1, 0.15) is 60.3 Å². The third-order valence-corrected chi connectivity index (χ3v) is 3.75. The first-order valence-corrected chi connectivity index (χ1v) is 7.96. The van der Waals surface area contributed by atoms with E-state index in [4.69, 9.17) is 4.74 Å². The third kappa shape index (κ3) is 8.58. The second-order valence-electron chi connectivity index (χ2n) is 6.23. The van der Waals surface area contributed by atoms with Crippen molar-refractivity contribution >= 4 is 12.0 Å². The fourth-order valence-electron chi connectivity index (χ4n) is 2.11. The minimum atomic E-state index is -0.595. The molecule has 2 N–H and O–H groups in total. The molecule has 5 heteroatoms. The second-order valence-corrected chi connectivity index (χ2v) is 6.23. The maximum Gasteiger partial charge on any atom is 0.328 e. The summed E-state index contributed by atoms with van der Waals surface area (Å²) in [6, 6.07) is -0.801. The number of ether oxygens (including phenoxy) is 1. The van der Waals surface area contributed by atoms with E-state index < -0.39 is 12.0 Å². The molecule has 0 aromatic heterocycles. The van der Waals surface area contributed by atoms with Crippen molar-refractivity contribution in [3.8, 4) is 0 Å². The lowest BCUT2D eigenvalue weighted by Crippen LogP contribution is -2.51. The predicted octanol–water partition coefficient (Wildman–Crippen LogP) is 3.09. The molecule has 0 saturated carbocycles. The van der Waals surface area contributed by atoms with E-state index in [0.717, 1.165) is 25.7 Å². The first kappa shape index (κ1) is 19.7. The van der Waals surface area contributed by atoms with Crippen molar-refractivity contribution < 1.29 is 14.3 Å². The molecule has 3 atom stereocenters. The summed E-state index contributed by atoms with van der Waals surface area (Å²) < 4.78 is 4.75. The maximum absolute atomic E-state index is 12.0. The third-order valence-electron chi connectivity index (χ3n) is 3.75. The summed E-state index contributed by atoms with van der Waals surface area (Å²) in [6.07, 6.45) is 3.98. The molecule has 0 bridgehead atoms. The summed E-state index contributed by atoms with van der Waals surface area (Å²) in [5.41, 5.74) is 0. The first-order valence-electron chi connectivity index (χ1n) is 7.96. The molecular formula is C16H32N2O3. The molecule has 0 aliphatic carbocycles. The molecule has 0 unspecified atom stereocenters. The van der Waals surface area contributed by atoms with Crippen molar-refractivity contribution in [3.05, 3.63) is 0 Å². The topological polar surface area (TPSA) is 67.4 Å². The van der Waals surface area contributed by atoms with Crippen LogP contribution in [-0.2, 0) is 9.53 Å². The van der Waals surface area contributed by atoms with Crippen molar-refractivity contribution in [2.45, 2.75) is 72.4 Å². The number of amides is 2. The van der Waals surface area contributed by atoms with Crippen LogP contribution in [0.2, 0.25) is 0 Å². The van der Waals surface area contributed by atoms with Gasteiger partial charge in [-0.15, -0.1) is 0 Å². The Kier molecular flexibility index (Phi) is 9.84. The molecule has 0 aliphatic heterocycles. The fraction of sp³-hybridized carbons (Fsp3) is 0.875. The van der Waals surface area contributed by atoms with Crippen LogP contribution in [0.15, 0.2) is 0 Å². The van der Waals surface area contributed by atoms with Crippen LogP contribution in [0.4, 0.5) is 4.79 Å². The molecule has 0 spiro atoms. The van der Waals surface area contributed by atoms with Crippen LogP contribution in [0.3, 0.4) is 0 Å². The Bertz CT molecular complexity index is 319. The van der Waals surface area contributed by atoms with Gasteiger partial charge in [0.1, 0.15) is 6.04 Å². The Hall–Kier alpha value is -1.26. The summed E-state index contributed by atoms with van der Waals surface area (Å²) in [4.78, 5) is 23.7. The summed E-state index contributed by atoms with van der Waals surface area (Å²) in [5, 5.41) is 5.61. The lowest BCUT2D eigenvalue weighted by Gasteiger charge is -2.23. The molecule has 0 saturated heterocycles. The highest BCUT2D eigenvalue weighted by Gasteiger charge is 2.26. The first-order chi connectivity index (χ1) is 9.81. The van der Waals surface area contributed by atoms with Crippen molar-refractivity contribution in [2.75, 3.05) is 7.11 Å². The molecule has 21 heavy (non-hydrogen) atoms. The Labute approximate surface area is 129 Å². The van der Waals surface area contributed by atoms with E-state index in [0.29, 0.717) is 5.92 Å². The van der Waals surface area contributed by atoms with E-state index in [1.54, 1.807) is 0 Å². The lowest BCUT2D eigenvalue weighted by atomic mass is 9.99. The van der Waals surface area contributed by atoms with Gasteiger partial charge in [0.05, 0.1) is 7.11 Å². The minimum Gasteiger partial charge on any atom is -0.467 e. The summed E-state index contributed by atoms with van der Waals surface area (Å²) in [6.45, 7) is 10.3. The Morgan fingerprint density at radius 2 is 1.67 bits per heavy atom. The number of esters is 1. The van der Waals surface area contributed by atoms with Crippen LogP contribution in [0, 0.1) is 11.8 Å². The predicted molar refractivity (Wildman–Crippen MR) is 85.1 cm³/mol. The number of carbonyl (C=O) groups excluding carboxylic acids is 2. The lowest BCUT2D eigenvalue weighted by molar-refractivity contribution is -0.144. The Morgan fingerprint density at radius 3 is 2.14 bits per heavy atom. The number of urea groups is 1. The maximum atomic E-state index is 12.0. The van der Waals surface area contributed by atoms with Gasteiger partial charge < -0.3 is 15.4 Å². The monoisotopic (exact) mass is 300 g/mol. The van der Waals surface area contributed by atoms with Gasteiger partial charge >= 0.3 is 12.0 Å². The van der Waals surface area contributed by atoms with Gasteiger partial charge in [-0.2, -0.15) is 0 Å². The van der Waals surface area contributed by atoms with Gasteiger partial charge in [-0.05, 0) is 25.2 Å². The van der Waals surface area contributed by atoms with Gasteiger partial charge in [-0.1, -0.05) is 47.0 Å². The smallest absolute Gasteiger partial charge is 0.328 e. The number of hydrogen-bond acceptors (Lipinski definition) is 3. The van der Waals surface area contributed by atoms with Crippen molar-refractivity contribution in [1.29, 1.82) is 0 Å². The van der Waals surface area contributed by atoms with E-state index in [1.807, 2.05) is 20.8 Å². The summed E-state index contributed by atoms with van der Waals surface area (Å²) >= 11 is 0. The molecule has 0 aliphatic rings. The number of hydrogen-bond donors (Lipinski definition) is 2. The van der Waals surface area contributed by atoms with Crippen LogP contribution in [-0.4, -0.2) is 31.2 Å². The molecule has 2 amide bonds. The van der Waals surface area contributed by atoms with E-state index in [2.05, 4.69) is 24.5 Å². The van der Waals surface area contributed by atoms with Gasteiger partial charge in [0.2, 0.25) is 0 Å². The van der Waals surface area contributed by atoms with Crippen LogP contribution >= 0.6 is 0 Å². The largest absolute Gasteiger partial charge is 0.467 e. The molecule has 0 rings (SSSR count). The zero-order valence-corrected chi connectivity index (χ0v) is 14.4.